The number of benzene rings is 1. The summed E-state index contributed by atoms with van der Waals surface area (Å²) in [7, 11) is 0. The van der Waals surface area contributed by atoms with Gasteiger partial charge in [0.05, 0.1) is 15.1 Å². The van der Waals surface area contributed by atoms with Crippen LogP contribution in [0.15, 0.2) is 12.1 Å². The van der Waals surface area contributed by atoms with Crippen LogP contribution in [0.4, 0.5) is 0 Å². The Hall–Kier alpha value is 0.0500. The van der Waals surface area contributed by atoms with E-state index in [1.807, 2.05) is 6.07 Å². The van der Waals surface area contributed by atoms with Gasteiger partial charge in [-0.15, -0.1) is 0 Å². The topological polar surface area (TPSA) is 12.0 Å². The maximum atomic E-state index is 6.21. The van der Waals surface area contributed by atoms with Crippen molar-refractivity contribution in [3.05, 3.63) is 32.8 Å². The van der Waals surface area contributed by atoms with Gasteiger partial charge in [0.25, 0.3) is 0 Å². The van der Waals surface area contributed by atoms with Crippen molar-refractivity contribution in [3.63, 3.8) is 0 Å². The van der Waals surface area contributed by atoms with Crippen LogP contribution in [-0.4, -0.2) is 6.54 Å². The molecule has 0 aliphatic carbocycles. The molecular weight excluding hydrogens is 289 g/mol. The summed E-state index contributed by atoms with van der Waals surface area (Å²) >= 11 is 18.2. The second kappa shape index (κ2) is 7.00. The lowest BCUT2D eigenvalue weighted by Gasteiger charge is -2.21. The zero-order valence-corrected chi connectivity index (χ0v) is 13.5. The highest BCUT2D eigenvalue weighted by Gasteiger charge is 2.15. The molecule has 1 nitrogen and oxygen atoms in total. The molecule has 1 aromatic rings. The maximum absolute atomic E-state index is 6.21. The summed E-state index contributed by atoms with van der Waals surface area (Å²) in [5.74, 6) is 1.28. The average Bonchev–Trinajstić information content (AvgIpc) is 2.32. The van der Waals surface area contributed by atoms with E-state index in [1.165, 1.54) is 0 Å². The molecule has 0 aromatic heterocycles. The Kier molecular flexibility index (Phi) is 6.26. The standard InChI is InChI=1S/C14H20Cl3N/c1-8(2)9(3)7-18-10(4)11-5-6-12(15)14(17)13(11)16/h5-6,8-10,18H,7H2,1-4H3. The van der Waals surface area contributed by atoms with Crippen LogP contribution in [0.5, 0.6) is 0 Å². The summed E-state index contributed by atoms with van der Waals surface area (Å²) in [5.41, 5.74) is 0.988. The highest BCUT2D eigenvalue weighted by atomic mass is 35.5. The Labute approximate surface area is 125 Å². The van der Waals surface area contributed by atoms with E-state index in [4.69, 9.17) is 34.8 Å². The fraction of sp³-hybridized carbons (Fsp3) is 0.571. The summed E-state index contributed by atoms with van der Waals surface area (Å²) in [6.45, 7) is 9.72. The second-order valence-electron chi connectivity index (χ2n) is 5.12. The predicted octanol–water partition coefficient (Wildman–Crippen LogP) is 5.59. The smallest absolute Gasteiger partial charge is 0.0781 e. The van der Waals surface area contributed by atoms with Gasteiger partial charge in [0.15, 0.2) is 0 Å². The summed E-state index contributed by atoms with van der Waals surface area (Å²) in [6.07, 6.45) is 0. The van der Waals surface area contributed by atoms with Gasteiger partial charge < -0.3 is 5.32 Å². The first kappa shape index (κ1) is 16.1. The molecule has 0 fully saturated rings. The fourth-order valence-corrected chi connectivity index (χ4v) is 2.29. The van der Waals surface area contributed by atoms with Gasteiger partial charge in [0, 0.05) is 6.04 Å². The predicted molar refractivity (Wildman–Crippen MR) is 81.9 cm³/mol. The van der Waals surface area contributed by atoms with Gasteiger partial charge in [0.2, 0.25) is 0 Å². The first-order chi connectivity index (χ1) is 8.34. The molecule has 0 saturated carbocycles. The summed E-state index contributed by atoms with van der Waals surface area (Å²) in [4.78, 5) is 0. The van der Waals surface area contributed by atoms with E-state index < -0.39 is 0 Å². The Morgan fingerprint density at radius 2 is 1.61 bits per heavy atom. The molecule has 0 spiro atoms. The molecule has 18 heavy (non-hydrogen) atoms. The van der Waals surface area contributed by atoms with Gasteiger partial charge in [-0.3, -0.25) is 0 Å². The summed E-state index contributed by atoms with van der Waals surface area (Å²) < 4.78 is 0. The minimum Gasteiger partial charge on any atom is -0.310 e. The van der Waals surface area contributed by atoms with E-state index in [9.17, 15) is 0 Å². The number of hydrogen-bond acceptors (Lipinski definition) is 1. The fourth-order valence-electron chi connectivity index (χ4n) is 1.58. The molecule has 0 radical (unpaired) electrons. The van der Waals surface area contributed by atoms with Crippen molar-refractivity contribution in [2.24, 2.45) is 11.8 Å². The van der Waals surface area contributed by atoms with Crippen LogP contribution < -0.4 is 5.32 Å². The van der Waals surface area contributed by atoms with E-state index in [0.717, 1.165) is 12.1 Å². The van der Waals surface area contributed by atoms with Gasteiger partial charge in [-0.25, -0.2) is 0 Å². The van der Waals surface area contributed by atoms with Gasteiger partial charge in [-0.2, -0.15) is 0 Å². The van der Waals surface area contributed by atoms with Crippen LogP contribution in [0.25, 0.3) is 0 Å². The monoisotopic (exact) mass is 307 g/mol. The molecule has 0 amide bonds. The molecule has 1 N–H and O–H groups in total. The SMILES string of the molecule is CC(NCC(C)C(C)C)c1ccc(Cl)c(Cl)c1Cl. The third kappa shape index (κ3) is 4.03. The van der Waals surface area contributed by atoms with E-state index in [-0.39, 0.29) is 6.04 Å². The molecule has 4 heteroatoms. The molecule has 102 valence electrons. The zero-order chi connectivity index (χ0) is 13.9. The zero-order valence-electron chi connectivity index (χ0n) is 11.2. The van der Waals surface area contributed by atoms with Crippen molar-refractivity contribution in [1.82, 2.24) is 5.32 Å². The molecule has 0 aliphatic rings. The number of halogens is 3. The van der Waals surface area contributed by atoms with Crippen molar-refractivity contribution in [2.45, 2.75) is 33.7 Å². The van der Waals surface area contributed by atoms with Crippen molar-refractivity contribution >= 4 is 34.8 Å². The molecule has 0 saturated heterocycles. The lowest BCUT2D eigenvalue weighted by atomic mass is 9.97. The van der Waals surface area contributed by atoms with Gasteiger partial charge in [0.1, 0.15) is 0 Å². The van der Waals surface area contributed by atoms with Crippen LogP contribution in [-0.2, 0) is 0 Å². The van der Waals surface area contributed by atoms with Crippen molar-refractivity contribution < 1.29 is 0 Å². The normalized spacial score (nSPS) is 14.9. The first-order valence-corrected chi connectivity index (χ1v) is 7.34. The molecule has 2 unspecified atom stereocenters. The van der Waals surface area contributed by atoms with Crippen molar-refractivity contribution in [3.8, 4) is 0 Å². The van der Waals surface area contributed by atoms with Gasteiger partial charge in [-0.05, 0) is 36.9 Å². The molecule has 1 aromatic carbocycles. The summed E-state index contributed by atoms with van der Waals surface area (Å²) in [5, 5.41) is 4.95. The summed E-state index contributed by atoms with van der Waals surface area (Å²) in [6, 6.07) is 3.87. The van der Waals surface area contributed by atoms with E-state index in [1.54, 1.807) is 6.07 Å². The average molecular weight is 309 g/mol. The molecule has 0 bridgehead atoms. The highest BCUT2D eigenvalue weighted by Crippen LogP contribution is 2.35. The quantitative estimate of drug-likeness (QED) is 0.699. The third-order valence-corrected chi connectivity index (χ3v) is 4.72. The lowest BCUT2D eigenvalue weighted by Crippen LogP contribution is -2.27. The van der Waals surface area contributed by atoms with E-state index >= 15 is 0 Å². The van der Waals surface area contributed by atoms with Crippen LogP contribution >= 0.6 is 34.8 Å². The lowest BCUT2D eigenvalue weighted by molar-refractivity contribution is 0.375. The minimum atomic E-state index is 0.161. The number of rotatable bonds is 5. The molecule has 0 aliphatic heterocycles. The Morgan fingerprint density at radius 3 is 2.17 bits per heavy atom. The van der Waals surface area contributed by atoms with Gasteiger partial charge >= 0.3 is 0 Å². The van der Waals surface area contributed by atoms with Crippen LogP contribution in [0.2, 0.25) is 15.1 Å². The number of hydrogen-bond donors (Lipinski definition) is 1. The Balaban J connectivity index is 2.73. The Bertz CT molecular complexity index is 404. The van der Waals surface area contributed by atoms with Crippen LogP contribution in [0.3, 0.4) is 0 Å². The minimum absolute atomic E-state index is 0.161. The van der Waals surface area contributed by atoms with Crippen molar-refractivity contribution in [1.29, 1.82) is 0 Å². The largest absolute Gasteiger partial charge is 0.310 e. The van der Waals surface area contributed by atoms with Crippen LogP contribution in [0.1, 0.15) is 39.3 Å². The van der Waals surface area contributed by atoms with Crippen molar-refractivity contribution in [2.75, 3.05) is 6.54 Å². The molecule has 0 heterocycles. The maximum Gasteiger partial charge on any atom is 0.0781 e. The second-order valence-corrected chi connectivity index (χ2v) is 6.28. The molecule has 1 rings (SSSR count). The Morgan fingerprint density at radius 1 is 1.00 bits per heavy atom. The van der Waals surface area contributed by atoms with E-state index in [0.29, 0.717) is 26.9 Å². The molecule has 2 atom stereocenters. The van der Waals surface area contributed by atoms with E-state index in [2.05, 4.69) is 33.0 Å². The third-order valence-electron chi connectivity index (χ3n) is 3.42. The molecular formula is C14H20Cl3N. The first-order valence-electron chi connectivity index (χ1n) is 6.21. The number of nitrogens with one attached hydrogen (secondary N) is 1. The van der Waals surface area contributed by atoms with Crippen LogP contribution in [0, 0.1) is 11.8 Å². The highest BCUT2D eigenvalue weighted by molar-refractivity contribution is 6.48. The van der Waals surface area contributed by atoms with Gasteiger partial charge in [-0.1, -0.05) is 61.6 Å².